The Morgan fingerprint density at radius 1 is 1.33 bits per heavy atom. The van der Waals surface area contributed by atoms with E-state index in [9.17, 15) is 9.90 Å². The Labute approximate surface area is 146 Å². The Hall–Kier alpha value is -1.85. The van der Waals surface area contributed by atoms with Crippen LogP contribution in [0.3, 0.4) is 0 Å². The summed E-state index contributed by atoms with van der Waals surface area (Å²) in [5, 5.41) is 15.0. The van der Waals surface area contributed by atoms with Gasteiger partial charge < -0.3 is 10.0 Å². The minimum absolute atomic E-state index is 0.0759. The number of amides is 1. The van der Waals surface area contributed by atoms with Crippen molar-refractivity contribution >= 4 is 17.5 Å². The zero-order valence-corrected chi connectivity index (χ0v) is 14.5. The van der Waals surface area contributed by atoms with E-state index in [-0.39, 0.29) is 17.9 Å². The minimum Gasteiger partial charge on any atom is -0.393 e. The number of hydrogen-bond acceptors (Lipinski definition) is 3. The second-order valence-corrected chi connectivity index (χ2v) is 6.88. The molecule has 1 heterocycles. The SMILES string of the molecule is CN(CC1CCCCC1O)C(=O)c1cnn(-c2ccc(Cl)cc2)c1. The van der Waals surface area contributed by atoms with Gasteiger partial charge in [-0.05, 0) is 37.1 Å². The van der Waals surface area contributed by atoms with E-state index >= 15 is 0 Å². The number of halogens is 1. The monoisotopic (exact) mass is 347 g/mol. The molecule has 1 aliphatic rings. The largest absolute Gasteiger partial charge is 0.393 e. The van der Waals surface area contributed by atoms with Gasteiger partial charge in [-0.2, -0.15) is 5.10 Å². The summed E-state index contributed by atoms with van der Waals surface area (Å²) < 4.78 is 1.66. The summed E-state index contributed by atoms with van der Waals surface area (Å²) in [4.78, 5) is 14.3. The topological polar surface area (TPSA) is 58.4 Å². The quantitative estimate of drug-likeness (QED) is 0.924. The predicted octanol–water partition coefficient (Wildman–Crippen LogP) is 3.15. The van der Waals surface area contributed by atoms with Crippen LogP contribution in [0, 0.1) is 5.92 Å². The van der Waals surface area contributed by atoms with E-state index in [1.807, 2.05) is 12.1 Å². The molecule has 1 aliphatic carbocycles. The molecule has 0 spiro atoms. The Morgan fingerprint density at radius 2 is 2.04 bits per heavy atom. The number of aliphatic hydroxyl groups excluding tert-OH is 1. The van der Waals surface area contributed by atoms with Crippen LogP contribution in [-0.4, -0.2) is 45.4 Å². The second kappa shape index (κ2) is 7.36. The molecule has 2 atom stereocenters. The zero-order valence-electron chi connectivity index (χ0n) is 13.7. The van der Waals surface area contributed by atoms with Gasteiger partial charge in [-0.15, -0.1) is 0 Å². The zero-order chi connectivity index (χ0) is 17.1. The first kappa shape index (κ1) is 17.0. The lowest BCUT2D eigenvalue weighted by atomic mass is 9.86. The third-order valence-electron chi connectivity index (χ3n) is 4.64. The smallest absolute Gasteiger partial charge is 0.256 e. The van der Waals surface area contributed by atoms with Crippen molar-refractivity contribution in [1.82, 2.24) is 14.7 Å². The lowest BCUT2D eigenvalue weighted by Gasteiger charge is -2.31. The molecule has 0 saturated heterocycles. The summed E-state index contributed by atoms with van der Waals surface area (Å²) in [6.07, 6.45) is 7.00. The molecule has 24 heavy (non-hydrogen) atoms. The van der Waals surface area contributed by atoms with Crippen molar-refractivity contribution < 1.29 is 9.90 Å². The third kappa shape index (κ3) is 3.79. The average molecular weight is 348 g/mol. The van der Waals surface area contributed by atoms with Crippen LogP contribution in [0.1, 0.15) is 36.0 Å². The van der Waals surface area contributed by atoms with E-state index in [1.54, 1.807) is 41.2 Å². The van der Waals surface area contributed by atoms with E-state index in [2.05, 4.69) is 5.10 Å². The molecular formula is C18H22ClN3O2. The first-order chi connectivity index (χ1) is 11.5. The molecular weight excluding hydrogens is 326 g/mol. The van der Waals surface area contributed by atoms with Gasteiger partial charge in [-0.3, -0.25) is 4.79 Å². The molecule has 1 aromatic heterocycles. The number of carbonyl (C=O) groups is 1. The summed E-state index contributed by atoms with van der Waals surface area (Å²) in [7, 11) is 1.78. The van der Waals surface area contributed by atoms with Gasteiger partial charge >= 0.3 is 0 Å². The summed E-state index contributed by atoms with van der Waals surface area (Å²) >= 11 is 5.89. The summed E-state index contributed by atoms with van der Waals surface area (Å²) in [5.74, 6) is 0.0898. The van der Waals surface area contributed by atoms with Crippen molar-refractivity contribution in [1.29, 1.82) is 0 Å². The molecule has 2 unspecified atom stereocenters. The van der Waals surface area contributed by atoms with Crippen LogP contribution >= 0.6 is 11.6 Å². The first-order valence-electron chi connectivity index (χ1n) is 8.29. The van der Waals surface area contributed by atoms with Gasteiger partial charge in [0.05, 0.1) is 23.6 Å². The van der Waals surface area contributed by atoms with E-state index in [1.165, 1.54) is 0 Å². The highest BCUT2D eigenvalue weighted by atomic mass is 35.5. The molecule has 1 aromatic carbocycles. The van der Waals surface area contributed by atoms with Crippen LogP contribution in [0.4, 0.5) is 0 Å². The first-order valence-corrected chi connectivity index (χ1v) is 8.66. The van der Waals surface area contributed by atoms with Crippen molar-refractivity contribution in [2.45, 2.75) is 31.8 Å². The fourth-order valence-corrected chi connectivity index (χ4v) is 3.35. The standard InChI is InChI=1S/C18H22ClN3O2/c1-21(11-13-4-2-3-5-17(13)23)18(24)14-10-20-22(12-14)16-8-6-15(19)7-9-16/h6-10,12-13,17,23H,2-5,11H2,1H3. The maximum absolute atomic E-state index is 12.6. The highest BCUT2D eigenvalue weighted by Gasteiger charge is 2.26. The summed E-state index contributed by atoms with van der Waals surface area (Å²) in [6.45, 7) is 0.576. The van der Waals surface area contributed by atoms with Gasteiger partial charge in [0.15, 0.2) is 0 Å². The number of nitrogens with zero attached hydrogens (tertiary/aromatic N) is 3. The van der Waals surface area contributed by atoms with E-state index in [4.69, 9.17) is 11.6 Å². The summed E-state index contributed by atoms with van der Waals surface area (Å²) in [5.41, 5.74) is 1.39. The molecule has 0 aliphatic heterocycles. The fraction of sp³-hybridized carbons (Fsp3) is 0.444. The number of benzene rings is 1. The van der Waals surface area contributed by atoms with Crippen LogP contribution in [-0.2, 0) is 0 Å². The number of carbonyl (C=O) groups excluding carboxylic acids is 1. The normalized spacial score (nSPS) is 20.8. The molecule has 1 amide bonds. The van der Waals surface area contributed by atoms with Gasteiger partial charge in [0.1, 0.15) is 0 Å². The lowest BCUT2D eigenvalue weighted by Crippen LogP contribution is -2.38. The van der Waals surface area contributed by atoms with Gasteiger partial charge in [-0.1, -0.05) is 24.4 Å². The van der Waals surface area contributed by atoms with Gasteiger partial charge in [0.2, 0.25) is 0 Å². The highest BCUT2D eigenvalue weighted by molar-refractivity contribution is 6.30. The second-order valence-electron chi connectivity index (χ2n) is 6.45. The van der Waals surface area contributed by atoms with Crippen LogP contribution in [0.2, 0.25) is 5.02 Å². The Bertz CT molecular complexity index is 699. The van der Waals surface area contributed by atoms with Gasteiger partial charge in [0.25, 0.3) is 5.91 Å². The molecule has 2 aromatic rings. The van der Waals surface area contributed by atoms with Crippen LogP contribution in [0.25, 0.3) is 5.69 Å². The maximum Gasteiger partial charge on any atom is 0.256 e. The van der Waals surface area contributed by atoms with E-state index in [0.717, 1.165) is 31.4 Å². The predicted molar refractivity (Wildman–Crippen MR) is 93.5 cm³/mol. The molecule has 3 rings (SSSR count). The Kier molecular flexibility index (Phi) is 5.21. The molecule has 5 nitrogen and oxygen atoms in total. The van der Waals surface area contributed by atoms with Crippen molar-refractivity contribution in [3.63, 3.8) is 0 Å². The van der Waals surface area contributed by atoms with Crippen molar-refractivity contribution in [3.8, 4) is 5.69 Å². The van der Waals surface area contributed by atoms with Crippen molar-refractivity contribution in [2.75, 3.05) is 13.6 Å². The molecule has 6 heteroatoms. The van der Waals surface area contributed by atoms with E-state index in [0.29, 0.717) is 17.1 Å². The molecule has 128 valence electrons. The van der Waals surface area contributed by atoms with Crippen molar-refractivity contribution in [3.05, 3.63) is 47.2 Å². The molecule has 1 fully saturated rings. The van der Waals surface area contributed by atoms with Crippen LogP contribution < -0.4 is 0 Å². The van der Waals surface area contributed by atoms with Gasteiger partial charge in [0, 0.05) is 30.7 Å². The highest BCUT2D eigenvalue weighted by Crippen LogP contribution is 2.25. The van der Waals surface area contributed by atoms with E-state index < -0.39 is 0 Å². The minimum atomic E-state index is -0.300. The van der Waals surface area contributed by atoms with Crippen molar-refractivity contribution in [2.24, 2.45) is 5.92 Å². The number of hydrogen-bond donors (Lipinski definition) is 1. The molecule has 1 N–H and O–H groups in total. The number of rotatable bonds is 4. The molecule has 1 saturated carbocycles. The Morgan fingerprint density at radius 3 is 2.75 bits per heavy atom. The van der Waals surface area contributed by atoms with Crippen LogP contribution in [0.15, 0.2) is 36.7 Å². The molecule has 0 radical (unpaired) electrons. The van der Waals surface area contributed by atoms with Gasteiger partial charge in [-0.25, -0.2) is 4.68 Å². The average Bonchev–Trinajstić information content (AvgIpc) is 3.07. The third-order valence-corrected chi connectivity index (χ3v) is 4.90. The Balaban J connectivity index is 1.67. The van der Waals surface area contributed by atoms with Crippen LogP contribution in [0.5, 0.6) is 0 Å². The lowest BCUT2D eigenvalue weighted by molar-refractivity contribution is 0.0451. The fourth-order valence-electron chi connectivity index (χ4n) is 3.22. The number of aromatic nitrogens is 2. The molecule has 0 bridgehead atoms. The maximum atomic E-state index is 12.6. The number of aliphatic hydroxyl groups is 1. The summed E-state index contributed by atoms with van der Waals surface area (Å²) in [6, 6.07) is 7.28.